The second kappa shape index (κ2) is 6.74. The van der Waals surface area contributed by atoms with Crippen molar-refractivity contribution in [2.24, 2.45) is 5.92 Å². The number of benzene rings is 2. The number of likely N-dealkylation sites (N-methyl/N-ethyl adjacent to an activating group) is 1. The van der Waals surface area contributed by atoms with Gasteiger partial charge >= 0.3 is 0 Å². The molecule has 1 atom stereocenters. The lowest BCUT2D eigenvalue weighted by molar-refractivity contribution is 0.415. The fourth-order valence-electron chi connectivity index (χ4n) is 2.77. The summed E-state index contributed by atoms with van der Waals surface area (Å²) in [4.78, 5) is 2.24. The zero-order valence-electron chi connectivity index (χ0n) is 14.0. The first-order chi connectivity index (χ1) is 11.2. The van der Waals surface area contributed by atoms with Gasteiger partial charge in [0.25, 0.3) is 0 Å². The maximum atomic E-state index is 5.21. The predicted octanol–water partition coefficient (Wildman–Crippen LogP) is 5.28. The van der Waals surface area contributed by atoms with E-state index >= 15 is 0 Å². The first kappa shape index (κ1) is 15.4. The van der Waals surface area contributed by atoms with Crippen LogP contribution < -0.4 is 9.64 Å². The number of rotatable bonds is 4. The Bertz CT molecular complexity index is 711. The number of nitrogens with zero attached hydrogens (tertiary/aromatic N) is 1. The number of anilines is 1. The molecular weight excluding hydrogens is 282 g/mol. The Morgan fingerprint density at radius 3 is 2.09 bits per heavy atom. The van der Waals surface area contributed by atoms with E-state index in [0.29, 0.717) is 5.92 Å². The molecule has 1 aliphatic rings. The molecule has 0 bridgehead atoms. The Morgan fingerprint density at radius 1 is 0.957 bits per heavy atom. The summed E-state index contributed by atoms with van der Waals surface area (Å²) in [6.07, 6.45) is 7.91. The highest BCUT2D eigenvalue weighted by Gasteiger charge is 2.09. The van der Waals surface area contributed by atoms with Gasteiger partial charge < -0.3 is 9.64 Å². The lowest BCUT2D eigenvalue weighted by Crippen LogP contribution is -2.16. The normalized spacial score (nSPS) is 16.8. The van der Waals surface area contributed by atoms with Crippen LogP contribution in [0.3, 0.4) is 0 Å². The molecular formula is C21H23NO. The molecule has 1 aliphatic carbocycles. The van der Waals surface area contributed by atoms with Crippen molar-refractivity contribution in [1.82, 2.24) is 0 Å². The van der Waals surface area contributed by atoms with Crippen LogP contribution in [0.25, 0.3) is 11.1 Å². The third kappa shape index (κ3) is 3.48. The molecule has 0 saturated heterocycles. The van der Waals surface area contributed by atoms with Crippen LogP contribution in [0, 0.1) is 5.92 Å². The molecule has 0 N–H and O–H groups in total. The van der Waals surface area contributed by atoms with Crippen LogP contribution in [0.4, 0.5) is 5.69 Å². The van der Waals surface area contributed by atoms with Crippen LogP contribution in [0.2, 0.25) is 0 Å². The van der Waals surface area contributed by atoms with E-state index in [2.05, 4.69) is 73.5 Å². The summed E-state index contributed by atoms with van der Waals surface area (Å²) in [6.45, 7) is 2.24. The van der Waals surface area contributed by atoms with Gasteiger partial charge in [0, 0.05) is 18.4 Å². The Morgan fingerprint density at radius 2 is 1.57 bits per heavy atom. The van der Waals surface area contributed by atoms with Gasteiger partial charge in [0.2, 0.25) is 0 Å². The van der Waals surface area contributed by atoms with Gasteiger partial charge in [-0.3, -0.25) is 0 Å². The average Bonchev–Trinajstić information content (AvgIpc) is 2.62. The first-order valence-electron chi connectivity index (χ1n) is 8.04. The molecule has 0 radical (unpaired) electrons. The number of allylic oxidation sites excluding steroid dienone is 3. The standard InChI is InChI=1S/C21H23NO/c1-16-4-10-19(11-5-16)22(2)20-12-6-17(7-13-20)18-8-14-21(23-3)15-9-18/h4,6-16H,5H2,1-3H3. The van der Waals surface area contributed by atoms with Crippen molar-refractivity contribution < 1.29 is 4.74 Å². The third-order valence-electron chi connectivity index (χ3n) is 4.36. The van der Waals surface area contributed by atoms with E-state index in [0.717, 1.165) is 12.2 Å². The van der Waals surface area contributed by atoms with E-state index in [4.69, 9.17) is 4.74 Å². The summed E-state index contributed by atoms with van der Waals surface area (Å²) in [5.74, 6) is 1.53. The Balaban J connectivity index is 1.77. The van der Waals surface area contributed by atoms with E-state index in [1.807, 2.05) is 12.1 Å². The van der Waals surface area contributed by atoms with Crippen molar-refractivity contribution in [3.8, 4) is 16.9 Å². The smallest absolute Gasteiger partial charge is 0.118 e. The van der Waals surface area contributed by atoms with Crippen LogP contribution in [0.15, 0.2) is 72.5 Å². The molecule has 3 rings (SSSR count). The van der Waals surface area contributed by atoms with Crippen LogP contribution in [0.5, 0.6) is 5.75 Å². The number of ether oxygens (including phenoxy) is 1. The van der Waals surface area contributed by atoms with Gasteiger partial charge in [-0.25, -0.2) is 0 Å². The molecule has 0 saturated carbocycles. The van der Waals surface area contributed by atoms with Crippen LogP contribution in [-0.2, 0) is 0 Å². The minimum atomic E-state index is 0.643. The SMILES string of the molecule is COc1ccc(-c2ccc(N(C)C3=CCC(C)C=C3)cc2)cc1. The molecule has 0 aromatic heterocycles. The molecule has 2 nitrogen and oxygen atoms in total. The van der Waals surface area contributed by atoms with Crippen molar-refractivity contribution in [3.05, 3.63) is 72.5 Å². The molecule has 2 aromatic rings. The zero-order chi connectivity index (χ0) is 16.2. The maximum absolute atomic E-state index is 5.21. The molecule has 1 unspecified atom stereocenters. The van der Waals surface area contributed by atoms with Gasteiger partial charge in [-0.15, -0.1) is 0 Å². The monoisotopic (exact) mass is 305 g/mol. The number of hydrogen-bond donors (Lipinski definition) is 0. The fraction of sp³-hybridized carbons (Fsp3) is 0.238. The van der Waals surface area contributed by atoms with Crippen LogP contribution in [-0.4, -0.2) is 14.2 Å². The highest BCUT2D eigenvalue weighted by Crippen LogP contribution is 2.27. The Kier molecular flexibility index (Phi) is 4.52. The Hall–Kier alpha value is -2.48. The predicted molar refractivity (Wildman–Crippen MR) is 97.8 cm³/mol. The van der Waals surface area contributed by atoms with E-state index in [9.17, 15) is 0 Å². The lowest BCUT2D eigenvalue weighted by atomic mass is 10.0. The van der Waals surface area contributed by atoms with Crippen molar-refractivity contribution >= 4 is 5.69 Å². The number of methoxy groups -OCH3 is 1. The molecule has 2 aromatic carbocycles. The first-order valence-corrected chi connectivity index (χ1v) is 8.04. The second-order valence-electron chi connectivity index (χ2n) is 6.04. The zero-order valence-corrected chi connectivity index (χ0v) is 14.0. The molecule has 23 heavy (non-hydrogen) atoms. The van der Waals surface area contributed by atoms with Gasteiger partial charge in [-0.05, 0) is 53.8 Å². The van der Waals surface area contributed by atoms with Crippen LogP contribution >= 0.6 is 0 Å². The molecule has 0 aliphatic heterocycles. The highest BCUT2D eigenvalue weighted by atomic mass is 16.5. The summed E-state index contributed by atoms with van der Waals surface area (Å²) in [5.41, 5.74) is 4.88. The van der Waals surface area contributed by atoms with Crippen molar-refractivity contribution in [2.75, 3.05) is 19.1 Å². The highest BCUT2D eigenvalue weighted by molar-refractivity contribution is 5.68. The fourth-order valence-corrected chi connectivity index (χ4v) is 2.77. The molecule has 2 heteroatoms. The van der Waals surface area contributed by atoms with Gasteiger partial charge in [-0.2, -0.15) is 0 Å². The van der Waals surface area contributed by atoms with E-state index in [1.54, 1.807) is 7.11 Å². The summed E-state index contributed by atoms with van der Waals surface area (Å²) in [5, 5.41) is 0. The molecule has 0 fully saturated rings. The average molecular weight is 305 g/mol. The van der Waals surface area contributed by atoms with E-state index in [-0.39, 0.29) is 0 Å². The Labute approximate surface area is 138 Å². The summed E-state index contributed by atoms with van der Waals surface area (Å²) >= 11 is 0. The van der Waals surface area contributed by atoms with Crippen LogP contribution in [0.1, 0.15) is 13.3 Å². The summed E-state index contributed by atoms with van der Waals surface area (Å²) in [6, 6.07) is 16.9. The van der Waals surface area contributed by atoms with Crippen molar-refractivity contribution in [2.45, 2.75) is 13.3 Å². The largest absolute Gasteiger partial charge is 0.497 e. The van der Waals surface area contributed by atoms with Gasteiger partial charge in [0.15, 0.2) is 0 Å². The minimum Gasteiger partial charge on any atom is -0.497 e. The van der Waals surface area contributed by atoms with Crippen molar-refractivity contribution in [3.63, 3.8) is 0 Å². The molecule has 0 amide bonds. The van der Waals surface area contributed by atoms with Gasteiger partial charge in [0.05, 0.1) is 7.11 Å². The summed E-state index contributed by atoms with van der Waals surface area (Å²) in [7, 11) is 3.81. The van der Waals surface area contributed by atoms with Crippen molar-refractivity contribution in [1.29, 1.82) is 0 Å². The quantitative estimate of drug-likeness (QED) is 0.762. The molecule has 118 valence electrons. The second-order valence-corrected chi connectivity index (χ2v) is 6.04. The van der Waals surface area contributed by atoms with E-state index < -0.39 is 0 Å². The lowest BCUT2D eigenvalue weighted by Gasteiger charge is -2.24. The summed E-state index contributed by atoms with van der Waals surface area (Å²) < 4.78 is 5.21. The minimum absolute atomic E-state index is 0.643. The van der Waals surface area contributed by atoms with Gasteiger partial charge in [0.1, 0.15) is 5.75 Å². The van der Waals surface area contributed by atoms with Gasteiger partial charge in [-0.1, -0.05) is 43.3 Å². The maximum Gasteiger partial charge on any atom is 0.118 e. The molecule has 0 heterocycles. The molecule has 0 spiro atoms. The third-order valence-corrected chi connectivity index (χ3v) is 4.36. The van der Waals surface area contributed by atoms with E-state index in [1.165, 1.54) is 22.5 Å². The number of hydrogen-bond acceptors (Lipinski definition) is 2. The topological polar surface area (TPSA) is 12.5 Å².